The number of rotatable bonds is 35. The summed E-state index contributed by atoms with van der Waals surface area (Å²) < 4.78 is 58.7. The summed E-state index contributed by atoms with van der Waals surface area (Å²) >= 11 is 0. The van der Waals surface area contributed by atoms with Crippen molar-refractivity contribution in [1.82, 2.24) is 104 Å². The molecule has 3 unspecified atom stereocenters. The number of nitrogens with zero attached hydrogens (tertiary/aromatic N) is 12. The first-order valence-corrected chi connectivity index (χ1v) is 46.7. The molecule has 16 aromatic rings. The number of nitrogens with one attached hydrogen (secondary N) is 8. The third-order valence-electron chi connectivity index (χ3n) is 21.1. The molecule has 33 nitrogen and oxygen atoms in total. The van der Waals surface area contributed by atoms with Gasteiger partial charge in [-0.25, -0.2) is 0 Å². The number of ether oxygens (including phenoxy) is 2. The van der Waals surface area contributed by atoms with E-state index < -0.39 is 58.8 Å². The molecule has 17 rings (SSSR count). The van der Waals surface area contributed by atoms with Crippen molar-refractivity contribution in [3.63, 3.8) is 0 Å². The van der Waals surface area contributed by atoms with E-state index in [4.69, 9.17) is 19.3 Å². The van der Waals surface area contributed by atoms with Gasteiger partial charge in [-0.2, -0.15) is 20.9 Å². The van der Waals surface area contributed by atoms with E-state index in [0.717, 1.165) is 74.0 Å². The Kier molecular flexibility index (Phi) is 33.0. The standard InChI is InChI=1S/C28H26N5OP.C24H24N5O5P.C23H24N5O3P.C16H18N5O3P.H2O/c34-35-27(18-17-24-11-6-10-23-9-4-5-12-25(23)24)29-26(28-30-32-33-31-28)19-20-13-15-22(16-14-20)21-7-2-1-3-8-21;30-35(31,32)23(14-17-8-11-21-22(13-17)34-15-33-21)25-20(24-26-28-29-27-24)12-16-6-9-19(10-7-16)18-4-2-1-3-5-18;29-32(30,31)22(16-17-7-3-1-4-8-17)24-21(23-25-27-28-26-23)15-18-11-13-20(14-12-18)19-9-5-2-6-10-19;22-25(23,24)11-17-15(16-18-20-21-19-16)10-12-6-8-14(9-7-12)13-4-2-1-3-5-13;/h1-16,26-27,29H,17-19H2,(H,30,31,32,33);1-11,13,20,23,25H,12,14-15H2,(H2,30,31,32)(H,26,27,28,29);1-14,21-22,24H,15-16H2,(H2,29,30,31)(H,25,26,27,28);1-9,15,17H,10-11H2,(H2,22,23,24)(H,18,19,20,21);1H2/t26-,27?;20-,23?;21-,22?;15-;/m0000./s1. The molecule has 12 aromatic carbocycles. The molecule has 0 amide bonds. The van der Waals surface area contributed by atoms with Crippen LogP contribution in [0.4, 0.5) is 0 Å². The van der Waals surface area contributed by atoms with Crippen LogP contribution >= 0.6 is 31.2 Å². The maximum absolute atomic E-state index is 12.4. The van der Waals surface area contributed by atoms with Crippen LogP contribution in [0.1, 0.15) is 92.8 Å². The summed E-state index contributed by atoms with van der Waals surface area (Å²) in [6.07, 6.45) is 3.33. The van der Waals surface area contributed by atoms with Crippen molar-refractivity contribution < 1.29 is 62.6 Å². The Morgan fingerprint density at radius 1 is 0.352 bits per heavy atom. The van der Waals surface area contributed by atoms with E-state index in [0.29, 0.717) is 66.0 Å². The maximum Gasteiger partial charge on any atom is 0.342 e. The summed E-state index contributed by atoms with van der Waals surface area (Å²) in [6.45, 7) is 0.127. The second kappa shape index (κ2) is 45.5. The largest absolute Gasteiger partial charge is 0.454 e. The van der Waals surface area contributed by atoms with Gasteiger partial charge < -0.3 is 44.3 Å². The van der Waals surface area contributed by atoms with E-state index in [-0.39, 0.29) is 45.4 Å². The summed E-state index contributed by atoms with van der Waals surface area (Å²) in [7, 11) is -13.1. The minimum absolute atomic E-state index is 0. The number of hydrogen-bond donors (Lipinski definition) is 14. The highest BCUT2D eigenvalue weighted by molar-refractivity contribution is 7.52. The number of aromatic nitrogens is 16. The van der Waals surface area contributed by atoms with Crippen molar-refractivity contribution in [2.45, 2.75) is 92.9 Å². The molecule has 7 atom stereocenters. The van der Waals surface area contributed by atoms with Crippen LogP contribution in [-0.4, -0.2) is 148 Å². The summed E-state index contributed by atoms with van der Waals surface area (Å²) in [6, 6.07) is 100. The first kappa shape index (κ1) is 92.8. The number of benzene rings is 12. The zero-order valence-electron chi connectivity index (χ0n) is 68.8. The summed E-state index contributed by atoms with van der Waals surface area (Å²) in [5, 5.41) is 71.7. The van der Waals surface area contributed by atoms with Crippen LogP contribution in [0.25, 0.3) is 55.3 Å². The van der Waals surface area contributed by atoms with Crippen molar-refractivity contribution in [1.29, 1.82) is 0 Å². The zero-order valence-corrected chi connectivity index (χ0v) is 72.4. The smallest absolute Gasteiger partial charge is 0.342 e. The Balaban J connectivity index is 0.000000147. The van der Waals surface area contributed by atoms with Crippen molar-refractivity contribution in [2.75, 3.05) is 13.1 Å². The highest BCUT2D eigenvalue weighted by atomic mass is 31.2. The molecule has 0 radical (unpaired) electrons. The number of tetrazole rings is 4. The minimum atomic E-state index is -4.54. The quantitative estimate of drug-likeness (QED) is 0.0164. The van der Waals surface area contributed by atoms with E-state index >= 15 is 0 Å². The van der Waals surface area contributed by atoms with Crippen LogP contribution in [0.3, 0.4) is 0 Å². The fourth-order valence-corrected chi connectivity index (χ4v) is 17.1. The van der Waals surface area contributed by atoms with Crippen LogP contribution in [-0.2, 0) is 63.2 Å². The number of aromatic amines is 4. The van der Waals surface area contributed by atoms with Gasteiger partial charge in [0.05, 0.1) is 36.2 Å². The van der Waals surface area contributed by atoms with Crippen LogP contribution in [0.15, 0.2) is 309 Å². The van der Waals surface area contributed by atoms with Gasteiger partial charge in [-0.3, -0.25) is 39.5 Å². The molecule has 0 spiro atoms. The number of fused-ring (bicyclic) bond motifs is 2. The molecule has 16 N–H and O–H groups in total. The summed E-state index contributed by atoms with van der Waals surface area (Å²) in [4.78, 5) is 58.4. The Morgan fingerprint density at radius 3 is 1.06 bits per heavy atom. The average Bonchev–Trinajstić information content (AvgIpc) is 1.77. The van der Waals surface area contributed by atoms with Gasteiger partial charge in [-0.1, -0.05) is 318 Å². The molecule has 1 aliphatic rings. The molecule has 5 heterocycles. The van der Waals surface area contributed by atoms with Gasteiger partial charge in [0, 0.05) is 0 Å². The van der Waals surface area contributed by atoms with Crippen molar-refractivity contribution in [3.8, 4) is 56.0 Å². The lowest BCUT2D eigenvalue weighted by Crippen LogP contribution is -2.36. The van der Waals surface area contributed by atoms with Crippen molar-refractivity contribution in [2.24, 2.45) is 0 Å². The molecular weight excluding hydrogens is 1710 g/mol. The predicted octanol–water partition coefficient (Wildman–Crippen LogP) is 13.9. The summed E-state index contributed by atoms with van der Waals surface area (Å²) in [5.41, 5.74) is 15.8. The van der Waals surface area contributed by atoms with Gasteiger partial charge in [0.25, 0.3) is 0 Å². The molecule has 656 valence electrons. The van der Waals surface area contributed by atoms with Gasteiger partial charge in [-0.05, 0) is 158 Å². The predicted molar refractivity (Wildman–Crippen MR) is 485 cm³/mol. The monoisotopic (exact) mass is 1800 g/mol. The molecule has 0 aliphatic carbocycles. The number of H-pyrrole nitrogens is 4. The molecule has 0 saturated heterocycles. The second-order valence-corrected chi connectivity index (χ2v) is 36.1. The number of aryl methyl sites for hydroxylation is 1. The van der Waals surface area contributed by atoms with E-state index in [1.54, 1.807) is 18.2 Å². The molecule has 1 aliphatic heterocycles. The molecular formula is C91H94N20O13P4. The lowest BCUT2D eigenvalue weighted by Gasteiger charge is -2.25. The Hall–Kier alpha value is -12.9. The molecule has 0 saturated carbocycles. The van der Waals surface area contributed by atoms with E-state index in [1.807, 2.05) is 212 Å². The molecule has 4 aromatic heterocycles. The van der Waals surface area contributed by atoms with Crippen LogP contribution in [0.5, 0.6) is 11.5 Å². The third-order valence-corrected chi connectivity index (χ3v) is 24.6. The van der Waals surface area contributed by atoms with Gasteiger partial charge in [0.1, 0.15) is 11.6 Å². The van der Waals surface area contributed by atoms with Crippen LogP contribution < -0.4 is 30.7 Å². The normalized spacial score (nSPS) is 13.5. The van der Waals surface area contributed by atoms with E-state index in [9.17, 15) is 37.8 Å². The van der Waals surface area contributed by atoms with Crippen LogP contribution in [0.2, 0.25) is 0 Å². The molecule has 37 heteroatoms. The summed E-state index contributed by atoms with van der Waals surface area (Å²) in [5.74, 6) is 0.271. The van der Waals surface area contributed by atoms with E-state index in [1.165, 1.54) is 27.5 Å². The Morgan fingerprint density at radius 2 is 0.680 bits per heavy atom. The fraction of sp³-hybridized carbons (Fsp3) is 0.187. The van der Waals surface area contributed by atoms with Crippen molar-refractivity contribution >= 4 is 42.0 Å². The maximum atomic E-state index is 12.4. The van der Waals surface area contributed by atoms with Crippen LogP contribution in [0, 0.1) is 0 Å². The topological polar surface area (TPSA) is 506 Å². The Labute approximate surface area is 737 Å². The highest BCUT2D eigenvalue weighted by Crippen LogP contribution is 2.45. The first-order valence-electron chi connectivity index (χ1n) is 40.6. The van der Waals surface area contributed by atoms with Gasteiger partial charge >= 0.3 is 22.8 Å². The molecule has 128 heavy (non-hydrogen) atoms. The first-order chi connectivity index (χ1) is 61.7. The molecule has 0 bridgehead atoms. The second-order valence-electron chi connectivity index (χ2n) is 30.0. The van der Waals surface area contributed by atoms with Crippen molar-refractivity contribution in [3.05, 3.63) is 372 Å². The molecule has 0 fully saturated rings. The Bertz CT molecular complexity index is 6170. The van der Waals surface area contributed by atoms with Gasteiger partial charge in [-0.15, -0.1) is 40.8 Å². The third kappa shape index (κ3) is 27.3. The van der Waals surface area contributed by atoms with E-state index in [2.05, 4.69) is 183 Å². The SMILES string of the molecule is O.O=P(O)(O)C(Cc1ccc2c(c1)OCO2)N[C@@H](Cc1ccc(-c2ccccc2)cc1)c1nn[nH]n1.O=P(O)(O)C(Cc1ccccc1)N[C@@H](Cc1ccc(-c2ccccc2)cc1)c1nn[nH]n1.O=P(O)(O)CN[C@@H](Cc1ccc(-c2ccccc2)cc1)c1nn[nH]n1.O=PC(CCc1cccc2ccccc12)N[C@@H](Cc1ccc(-c2ccccc2)cc1)c1nn[nH]n1. The lowest BCUT2D eigenvalue weighted by atomic mass is 9.99. The highest BCUT2D eigenvalue weighted by Gasteiger charge is 2.36. The lowest BCUT2D eigenvalue weighted by molar-refractivity contribution is 0.174. The fourth-order valence-electron chi connectivity index (χ4n) is 14.6. The van der Waals surface area contributed by atoms with Gasteiger partial charge in [0.15, 0.2) is 43.3 Å². The van der Waals surface area contributed by atoms with Gasteiger partial charge in [0.2, 0.25) is 6.79 Å². The zero-order chi connectivity index (χ0) is 88.2. The average molecular weight is 1800 g/mol. The minimum Gasteiger partial charge on any atom is -0.454 e. The number of hydrogen-bond acceptors (Lipinski definition) is 22.